The fourth-order valence-corrected chi connectivity index (χ4v) is 3.19. The highest BCUT2D eigenvalue weighted by atomic mass is 16.6. The number of esters is 1. The second-order valence-electron chi connectivity index (χ2n) is 6.22. The Bertz CT molecular complexity index is 1070. The van der Waals surface area contributed by atoms with Gasteiger partial charge in [0.1, 0.15) is 0 Å². The van der Waals surface area contributed by atoms with Gasteiger partial charge in [-0.15, -0.1) is 0 Å². The number of benzene rings is 2. The number of hydrogen-bond acceptors (Lipinski definition) is 6. The maximum absolute atomic E-state index is 12.8. The van der Waals surface area contributed by atoms with Gasteiger partial charge in [0.05, 0.1) is 41.0 Å². The largest absolute Gasteiger partial charge is 0.466 e. The van der Waals surface area contributed by atoms with E-state index in [1.807, 2.05) is 6.07 Å². The fourth-order valence-electron chi connectivity index (χ4n) is 3.19. The first-order chi connectivity index (χ1) is 13.9. The van der Waals surface area contributed by atoms with Gasteiger partial charge in [-0.05, 0) is 36.8 Å². The minimum Gasteiger partial charge on any atom is -0.466 e. The highest BCUT2D eigenvalue weighted by molar-refractivity contribution is 6.03. The van der Waals surface area contributed by atoms with Gasteiger partial charge >= 0.3 is 12.0 Å². The number of rotatable bonds is 4. The van der Waals surface area contributed by atoms with Crippen LogP contribution in [0.4, 0.5) is 16.2 Å². The third-order valence-electron chi connectivity index (χ3n) is 4.56. The van der Waals surface area contributed by atoms with E-state index in [2.05, 4.69) is 5.32 Å². The van der Waals surface area contributed by atoms with Crippen LogP contribution in [0.15, 0.2) is 59.8 Å². The Balaban J connectivity index is 2.11. The quantitative estimate of drug-likeness (QED) is 0.484. The van der Waals surface area contributed by atoms with Crippen molar-refractivity contribution in [1.82, 2.24) is 5.32 Å². The summed E-state index contributed by atoms with van der Waals surface area (Å²) in [7, 11) is 1.23. The van der Waals surface area contributed by atoms with E-state index < -0.39 is 23.0 Å². The summed E-state index contributed by atoms with van der Waals surface area (Å²) in [5.74, 6) is -0.637. The fraction of sp³-hybridized carbons (Fsp3) is 0.150. The molecule has 0 radical (unpaired) electrons. The molecule has 29 heavy (non-hydrogen) atoms. The average Bonchev–Trinajstić information content (AvgIpc) is 2.73. The van der Waals surface area contributed by atoms with Crippen molar-refractivity contribution in [2.24, 2.45) is 0 Å². The zero-order valence-electron chi connectivity index (χ0n) is 15.6. The lowest BCUT2D eigenvalue weighted by Crippen LogP contribution is -2.48. The van der Waals surface area contributed by atoms with E-state index in [1.54, 1.807) is 31.2 Å². The first-order valence-electron chi connectivity index (χ1n) is 8.51. The predicted molar refractivity (Wildman–Crippen MR) is 103 cm³/mol. The summed E-state index contributed by atoms with van der Waals surface area (Å²) in [6, 6.07) is 12.7. The van der Waals surface area contributed by atoms with Gasteiger partial charge in [0.15, 0.2) is 0 Å². The average molecular weight is 392 g/mol. The summed E-state index contributed by atoms with van der Waals surface area (Å²) in [4.78, 5) is 37.0. The van der Waals surface area contributed by atoms with Crippen LogP contribution in [0.5, 0.6) is 0 Å². The minimum atomic E-state index is -0.808. The number of anilines is 1. The molecule has 0 unspecified atom stereocenters. The van der Waals surface area contributed by atoms with Crippen molar-refractivity contribution in [3.05, 3.63) is 81.0 Å². The molecule has 1 heterocycles. The number of nitriles is 1. The molecule has 0 saturated carbocycles. The maximum Gasteiger partial charge on any atom is 0.337 e. The molecule has 146 valence electrons. The lowest BCUT2D eigenvalue weighted by Gasteiger charge is -2.35. The molecule has 0 bridgehead atoms. The number of ether oxygens (including phenoxy) is 1. The number of nitro benzene ring substituents is 1. The van der Waals surface area contributed by atoms with Crippen molar-refractivity contribution < 1.29 is 19.2 Å². The van der Waals surface area contributed by atoms with Crippen LogP contribution in [0.25, 0.3) is 0 Å². The van der Waals surface area contributed by atoms with Crippen LogP contribution in [-0.2, 0) is 9.53 Å². The number of allylic oxidation sites excluding steroid dienone is 1. The van der Waals surface area contributed by atoms with Crippen molar-refractivity contribution in [3.63, 3.8) is 0 Å². The Labute approximate surface area is 166 Å². The van der Waals surface area contributed by atoms with Gasteiger partial charge in [-0.3, -0.25) is 15.0 Å². The molecule has 2 aromatic carbocycles. The molecule has 0 aromatic heterocycles. The number of carbonyl (C=O) groups is 2. The Morgan fingerprint density at radius 1 is 1.28 bits per heavy atom. The van der Waals surface area contributed by atoms with E-state index in [-0.39, 0.29) is 11.3 Å². The molecule has 1 aliphatic heterocycles. The van der Waals surface area contributed by atoms with Gasteiger partial charge in [-0.25, -0.2) is 9.59 Å². The number of carbonyl (C=O) groups excluding carboxylic acids is 2. The summed E-state index contributed by atoms with van der Waals surface area (Å²) in [6.07, 6.45) is 0. The summed E-state index contributed by atoms with van der Waals surface area (Å²) in [5, 5.41) is 22.8. The predicted octanol–water partition coefficient (Wildman–Crippen LogP) is 3.18. The second kappa shape index (κ2) is 7.82. The molecular formula is C20H16N4O5. The zero-order valence-corrected chi connectivity index (χ0v) is 15.6. The van der Waals surface area contributed by atoms with Gasteiger partial charge in [0.25, 0.3) is 5.69 Å². The van der Waals surface area contributed by atoms with Crippen molar-refractivity contribution >= 4 is 23.4 Å². The normalized spacial score (nSPS) is 16.1. The van der Waals surface area contributed by atoms with E-state index in [4.69, 9.17) is 10.00 Å². The molecule has 1 N–H and O–H groups in total. The third kappa shape index (κ3) is 3.64. The minimum absolute atomic E-state index is 0.118. The molecule has 0 aliphatic carbocycles. The number of nitrogens with zero attached hydrogens (tertiary/aromatic N) is 3. The molecule has 1 aliphatic rings. The van der Waals surface area contributed by atoms with Crippen molar-refractivity contribution in [2.75, 3.05) is 12.0 Å². The molecule has 2 aromatic rings. The number of non-ortho nitro benzene ring substituents is 1. The van der Waals surface area contributed by atoms with E-state index in [0.717, 1.165) is 0 Å². The molecule has 9 nitrogen and oxygen atoms in total. The summed E-state index contributed by atoms with van der Waals surface area (Å²) in [6.45, 7) is 1.59. The first kappa shape index (κ1) is 19.6. The SMILES string of the molecule is COC(=O)C1=C(C)N(c2ccc([N+](=O)[O-])cc2)C(=O)N[C@H]1c1cccc(C#N)c1. The number of hydrogen-bond donors (Lipinski definition) is 1. The number of methoxy groups -OCH3 is 1. The Kier molecular flexibility index (Phi) is 5.27. The van der Waals surface area contributed by atoms with E-state index in [1.165, 1.54) is 36.3 Å². The second-order valence-corrected chi connectivity index (χ2v) is 6.22. The molecule has 0 fully saturated rings. The smallest absolute Gasteiger partial charge is 0.337 e. The Morgan fingerprint density at radius 3 is 2.55 bits per heavy atom. The molecule has 2 amide bonds. The van der Waals surface area contributed by atoms with Crippen molar-refractivity contribution in [2.45, 2.75) is 13.0 Å². The Morgan fingerprint density at radius 2 is 1.97 bits per heavy atom. The lowest BCUT2D eigenvalue weighted by atomic mass is 9.93. The van der Waals surface area contributed by atoms with Crippen LogP contribution < -0.4 is 10.2 Å². The molecule has 1 atom stereocenters. The number of amides is 2. The number of nitro groups is 1. The summed E-state index contributed by atoms with van der Waals surface area (Å²) in [5.41, 5.74) is 1.70. The van der Waals surface area contributed by atoms with Gasteiger partial charge in [-0.1, -0.05) is 12.1 Å². The van der Waals surface area contributed by atoms with Crippen LogP contribution in [0.1, 0.15) is 24.1 Å². The van der Waals surface area contributed by atoms with Crippen LogP contribution >= 0.6 is 0 Å². The summed E-state index contributed by atoms with van der Waals surface area (Å²) < 4.78 is 4.91. The third-order valence-corrected chi connectivity index (χ3v) is 4.56. The van der Waals surface area contributed by atoms with Crippen LogP contribution in [0, 0.1) is 21.4 Å². The molecular weight excluding hydrogens is 376 g/mol. The zero-order chi connectivity index (χ0) is 21.1. The van der Waals surface area contributed by atoms with Crippen LogP contribution in [0.2, 0.25) is 0 Å². The van der Waals surface area contributed by atoms with Crippen molar-refractivity contribution in [3.8, 4) is 6.07 Å². The van der Waals surface area contributed by atoms with Gasteiger partial charge in [-0.2, -0.15) is 5.26 Å². The molecule has 9 heteroatoms. The molecule has 0 spiro atoms. The lowest BCUT2D eigenvalue weighted by molar-refractivity contribution is -0.384. The van der Waals surface area contributed by atoms with Gasteiger partial charge < -0.3 is 10.1 Å². The van der Waals surface area contributed by atoms with E-state index >= 15 is 0 Å². The highest BCUT2D eigenvalue weighted by Gasteiger charge is 2.37. The molecule has 0 saturated heterocycles. The number of nitrogens with one attached hydrogen (secondary N) is 1. The maximum atomic E-state index is 12.8. The van der Waals surface area contributed by atoms with Gasteiger partial charge in [0, 0.05) is 17.8 Å². The first-order valence-corrected chi connectivity index (χ1v) is 8.51. The summed E-state index contributed by atoms with van der Waals surface area (Å²) >= 11 is 0. The van der Waals surface area contributed by atoms with E-state index in [9.17, 15) is 19.7 Å². The van der Waals surface area contributed by atoms with Crippen LogP contribution in [-0.4, -0.2) is 24.0 Å². The van der Waals surface area contributed by atoms with Crippen molar-refractivity contribution in [1.29, 1.82) is 5.26 Å². The Hall–Kier alpha value is -4.19. The monoisotopic (exact) mass is 392 g/mol. The standard InChI is InChI=1S/C20H16N4O5/c1-12-17(19(25)29-2)18(14-5-3-4-13(10-14)11-21)22-20(26)23(12)15-6-8-16(9-7-15)24(27)28/h3-10,18H,1-2H3,(H,22,26)/t18-/m0/s1. The van der Waals surface area contributed by atoms with E-state index in [0.29, 0.717) is 22.5 Å². The highest BCUT2D eigenvalue weighted by Crippen LogP contribution is 2.34. The molecule has 3 rings (SSSR count). The van der Waals surface area contributed by atoms with Gasteiger partial charge in [0.2, 0.25) is 0 Å². The topological polar surface area (TPSA) is 126 Å². The number of urea groups is 1. The van der Waals surface area contributed by atoms with Crippen LogP contribution in [0.3, 0.4) is 0 Å².